The highest BCUT2D eigenvalue weighted by atomic mass is 35.5. The molecule has 0 unspecified atom stereocenters. The standard InChI is InChI=1S/C14H21ClN2O3S/c1-3-6-17-21(18,19)13-8-11(15)7-10(14(13)20-2)9-16-12-4-5-12/h7-8,12,16-17H,3-6,9H2,1-2H3. The lowest BCUT2D eigenvalue weighted by Crippen LogP contribution is -2.25. The second-order valence-electron chi connectivity index (χ2n) is 5.15. The molecule has 21 heavy (non-hydrogen) atoms. The molecule has 1 aliphatic carbocycles. The summed E-state index contributed by atoms with van der Waals surface area (Å²) in [7, 11) is -2.15. The van der Waals surface area contributed by atoms with Crippen LogP contribution in [0.5, 0.6) is 5.75 Å². The number of hydrogen-bond acceptors (Lipinski definition) is 4. The Labute approximate surface area is 131 Å². The molecule has 0 aliphatic heterocycles. The van der Waals surface area contributed by atoms with E-state index in [4.69, 9.17) is 16.3 Å². The molecule has 1 aromatic carbocycles. The lowest BCUT2D eigenvalue weighted by molar-refractivity contribution is 0.395. The van der Waals surface area contributed by atoms with E-state index in [1.165, 1.54) is 13.2 Å². The van der Waals surface area contributed by atoms with Crippen molar-refractivity contribution in [2.24, 2.45) is 0 Å². The van der Waals surface area contributed by atoms with Crippen LogP contribution in [0.2, 0.25) is 5.02 Å². The minimum Gasteiger partial charge on any atom is -0.495 e. The maximum Gasteiger partial charge on any atom is 0.244 e. The highest BCUT2D eigenvalue weighted by Gasteiger charge is 2.25. The molecule has 0 aromatic heterocycles. The van der Waals surface area contributed by atoms with Crippen molar-refractivity contribution in [1.82, 2.24) is 10.0 Å². The number of rotatable bonds is 8. The van der Waals surface area contributed by atoms with Gasteiger partial charge in [-0.05, 0) is 31.4 Å². The quantitative estimate of drug-likeness (QED) is 0.766. The molecule has 0 atom stereocenters. The van der Waals surface area contributed by atoms with Gasteiger partial charge in [0.2, 0.25) is 10.0 Å². The first-order valence-corrected chi connectivity index (χ1v) is 8.93. The van der Waals surface area contributed by atoms with E-state index in [1.54, 1.807) is 6.07 Å². The fourth-order valence-electron chi connectivity index (χ4n) is 2.04. The molecule has 0 saturated heterocycles. The molecule has 1 aromatic rings. The monoisotopic (exact) mass is 332 g/mol. The van der Waals surface area contributed by atoms with E-state index in [1.807, 2.05) is 6.92 Å². The van der Waals surface area contributed by atoms with E-state index >= 15 is 0 Å². The first kappa shape index (κ1) is 16.5. The van der Waals surface area contributed by atoms with Gasteiger partial charge < -0.3 is 10.1 Å². The summed E-state index contributed by atoms with van der Waals surface area (Å²) in [5.74, 6) is 0.358. The van der Waals surface area contributed by atoms with Crippen LogP contribution >= 0.6 is 11.6 Å². The summed E-state index contributed by atoms with van der Waals surface area (Å²) >= 11 is 6.07. The summed E-state index contributed by atoms with van der Waals surface area (Å²) in [6.45, 7) is 2.83. The summed E-state index contributed by atoms with van der Waals surface area (Å²) < 4.78 is 32.6. The highest BCUT2D eigenvalue weighted by Crippen LogP contribution is 2.32. The molecule has 0 heterocycles. The van der Waals surface area contributed by atoms with Gasteiger partial charge in [-0.15, -0.1) is 0 Å². The van der Waals surface area contributed by atoms with Gasteiger partial charge in [-0.2, -0.15) is 0 Å². The number of halogens is 1. The van der Waals surface area contributed by atoms with Crippen LogP contribution in [0.3, 0.4) is 0 Å². The van der Waals surface area contributed by atoms with Crippen LogP contribution in [0.1, 0.15) is 31.7 Å². The van der Waals surface area contributed by atoms with E-state index in [2.05, 4.69) is 10.0 Å². The van der Waals surface area contributed by atoms with Crippen molar-refractivity contribution < 1.29 is 13.2 Å². The van der Waals surface area contributed by atoms with Gasteiger partial charge in [-0.3, -0.25) is 0 Å². The summed E-state index contributed by atoms with van der Waals surface area (Å²) in [5, 5.41) is 3.73. The number of benzene rings is 1. The van der Waals surface area contributed by atoms with Gasteiger partial charge in [0.1, 0.15) is 10.6 Å². The van der Waals surface area contributed by atoms with Crippen LogP contribution in [0.25, 0.3) is 0 Å². The number of hydrogen-bond donors (Lipinski definition) is 2. The SMILES string of the molecule is CCCNS(=O)(=O)c1cc(Cl)cc(CNC2CC2)c1OC. The number of nitrogens with one attached hydrogen (secondary N) is 2. The van der Waals surface area contributed by atoms with E-state index in [0.29, 0.717) is 29.9 Å². The molecular weight excluding hydrogens is 312 g/mol. The Morgan fingerprint density at radius 1 is 1.38 bits per heavy atom. The topological polar surface area (TPSA) is 67.4 Å². The molecule has 118 valence electrons. The van der Waals surface area contributed by atoms with Crippen molar-refractivity contribution in [1.29, 1.82) is 0 Å². The third-order valence-electron chi connectivity index (χ3n) is 3.29. The molecule has 0 radical (unpaired) electrons. The zero-order chi connectivity index (χ0) is 15.5. The zero-order valence-corrected chi connectivity index (χ0v) is 13.9. The fraction of sp³-hybridized carbons (Fsp3) is 0.571. The number of ether oxygens (including phenoxy) is 1. The van der Waals surface area contributed by atoms with E-state index in [0.717, 1.165) is 24.8 Å². The van der Waals surface area contributed by atoms with Crippen molar-refractivity contribution in [3.05, 3.63) is 22.7 Å². The third kappa shape index (κ3) is 4.32. The van der Waals surface area contributed by atoms with E-state index < -0.39 is 10.0 Å². The van der Waals surface area contributed by atoms with Gasteiger partial charge in [-0.1, -0.05) is 18.5 Å². The van der Waals surface area contributed by atoms with Crippen LogP contribution in [0.4, 0.5) is 0 Å². The van der Waals surface area contributed by atoms with Gasteiger partial charge in [0.15, 0.2) is 0 Å². The molecule has 1 saturated carbocycles. The zero-order valence-electron chi connectivity index (χ0n) is 12.3. The minimum atomic E-state index is -3.62. The van der Waals surface area contributed by atoms with Gasteiger partial charge in [0, 0.05) is 29.7 Å². The molecule has 0 amide bonds. The minimum absolute atomic E-state index is 0.0959. The van der Waals surface area contributed by atoms with Gasteiger partial charge in [0.25, 0.3) is 0 Å². The van der Waals surface area contributed by atoms with Crippen molar-refractivity contribution in [3.8, 4) is 5.75 Å². The first-order chi connectivity index (χ1) is 9.97. The van der Waals surface area contributed by atoms with Crippen molar-refractivity contribution >= 4 is 21.6 Å². The van der Waals surface area contributed by atoms with E-state index in [9.17, 15) is 8.42 Å². The normalized spacial score (nSPS) is 15.2. The second kappa shape index (κ2) is 6.96. The molecule has 2 rings (SSSR count). The summed E-state index contributed by atoms with van der Waals surface area (Å²) in [4.78, 5) is 0.0959. The molecule has 2 N–H and O–H groups in total. The maximum atomic E-state index is 12.4. The van der Waals surface area contributed by atoms with E-state index in [-0.39, 0.29) is 4.90 Å². The van der Waals surface area contributed by atoms with Crippen LogP contribution in [0.15, 0.2) is 17.0 Å². The Morgan fingerprint density at radius 2 is 2.10 bits per heavy atom. The van der Waals surface area contributed by atoms with Crippen molar-refractivity contribution in [2.45, 2.75) is 43.7 Å². The lowest BCUT2D eigenvalue weighted by atomic mass is 10.2. The largest absolute Gasteiger partial charge is 0.495 e. The second-order valence-corrected chi connectivity index (χ2v) is 7.32. The average Bonchev–Trinajstić information content (AvgIpc) is 3.26. The molecule has 5 nitrogen and oxygen atoms in total. The Bertz CT molecular complexity index is 600. The Hall–Kier alpha value is -0.820. The lowest BCUT2D eigenvalue weighted by Gasteiger charge is -2.15. The Kier molecular flexibility index (Phi) is 5.48. The molecule has 1 aliphatic rings. The van der Waals surface area contributed by atoms with Crippen LogP contribution in [-0.2, 0) is 16.6 Å². The predicted molar refractivity (Wildman–Crippen MR) is 83.3 cm³/mol. The third-order valence-corrected chi connectivity index (χ3v) is 4.98. The molecule has 1 fully saturated rings. The highest BCUT2D eigenvalue weighted by molar-refractivity contribution is 7.89. The first-order valence-electron chi connectivity index (χ1n) is 7.07. The van der Waals surface area contributed by atoms with Crippen LogP contribution in [0, 0.1) is 0 Å². The smallest absolute Gasteiger partial charge is 0.244 e. The maximum absolute atomic E-state index is 12.4. The summed E-state index contributed by atoms with van der Waals surface area (Å²) in [5.41, 5.74) is 0.758. The number of sulfonamides is 1. The Morgan fingerprint density at radius 3 is 2.67 bits per heavy atom. The molecule has 0 bridgehead atoms. The summed E-state index contributed by atoms with van der Waals surface area (Å²) in [6.07, 6.45) is 3.04. The number of methoxy groups -OCH3 is 1. The molecule has 7 heteroatoms. The Balaban J connectivity index is 2.34. The fourth-order valence-corrected chi connectivity index (χ4v) is 3.72. The van der Waals surface area contributed by atoms with Crippen molar-refractivity contribution in [3.63, 3.8) is 0 Å². The van der Waals surface area contributed by atoms with Gasteiger partial charge in [0.05, 0.1) is 7.11 Å². The van der Waals surface area contributed by atoms with Gasteiger partial charge >= 0.3 is 0 Å². The predicted octanol–water partition coefficient (Wildman–Crippen LogP) is 2.29. The van der Waals surface area contributed by atoms with Crippen molar-refractivity contribution in [2.75, 3.05) is 13.7 Å². The molecule has 0 spiro atoms. The van der Waals surface area contributed by atoms with Gasteiger partial charge in [-0.25, -0.2) is 13.1 Å². The van der Waals surface area contributed by atoms with Crippen LogP contribution in [-0.4, -0.2) is 28.1 Å². The van der Waals surface area contributed by atoms with Crippen LogP contribution < -0.4 is 14.8 Å². The average molecular weight is 333 g/mol. The summed E-state index contributed by atoms with van der Waals surface area (Å²) in [6, 6.07) is 3.69. The molecular formula is C14H21ClN2O3S.